The molecule has 0 aliphatic carbocycles. The molecule has 0 aliphatic rings. The topological polar surface area (TPSA) is 32.3 Å². The van der Waals surface area contributed by atoms with Gasteiger partial charge in [-0.25, -0.2) is 0 Å². The lowest BCUT2D eigenvalue weighted by Crippen LogP contribution is -2.21. The summed E-state index contributed by atoms with van der Waals surface area (Å²) >= 11 is 1.82. The minimum absolute atomic E-state index is 0.209. The number of nitrogens with one attached hydrogen (secondary N) is 1. The fraction of sp³-hybridized carbons (Fsp3) is 0.562. The highest BCUT2D eigenvalue weighted by atomic mass is 32.2. The van der Waals surface area contributed by atoms with E-state index in [2.05, 4.69) is 43.4 Å². The van der Waals surface area contributed by atoms with Crippen molar-refractivity contribution in [1.29, 1.82) is 0 Å². The summed E-state index contributed by atoms with van der Waals surface area (Å²) < 4.78 is 0. The van der Waals surface area contributed by atoms with Gasteiger partial charge in [0.15, 0.2) is 0 Å². The summed E-state index contributed by atoms with van der Waals surface area (Å²) in [6, 6.07) is 9.10. The Morgan fingerprint density at radius 2 is 1.95 bits per heavy atom. The highest BCUT2D eigenvalue weighted by Gasteiger charge is 2.05. The molecule has 1 unspecified atom stereocenters. The largest absolute Gasteiger partial charge is 0.349 e. The molecule has 0 heterocycles. The van der Waals surface area contributed by atoms with Crippen LogP contribution in [0.5, 0.6) is 0 Å². The molecule has 0 saturated carbocycles. The van der Waals surface area contributed by atoms with E-state index in [9.17, 15) is 4.79 Å². The standard InChI is InChI=1S/C16H26N2OS/c1-5-17-13(2)14-8-10-15(11-9-14)20-12-6-7-16(19)18(3)4/h8-11,13,17H,5-7,12H2,1-4H3. The zero-order chi connectivity index (χ0) is 15.0. The lowest BCUT2D eigenvalue weighted by atomic mass is 10.1. The van der Waals surface area contributed by atoms with Crippen molar-refractivity contribution in [2.24, 2.45) is 0 Å². The molecule has 3 nitrogen and oxygen atoms in total. The van der Waals surface area contributed by atoms with Gasteiger partial charge in [0, 0.05) is 31.5 Å². The van der Waals surface area contributed by atoms with Gasteiger partial charge in [-0.2, -0.15) is 0 Å². The average molecular weight is 294 g/mol. The van der Waals surface area contributed by atoms with Crippen LogP contribution >= 0.6 is 11.8 Å². The molecule has 20 heavy (non-hydrogen) atoms. The molecule has 4 heteroatoms. The van der Waals surface area contributed by atoms with E-state index in [-0.39, 0.29) is 5.91 Å². The lowest BCUT2D eigenvalue weighted by molar-refractivity contribution is -0.128. The summed E-state index contributed by atoms with van der Waals surface area (Å²) in [4.78, 5) is 14.4. The normalized spacial score (nSPS) is 12.2. The minimum atomic E-state index is 0.209. The maximum Gasteiger partial charge on any atom is 0.222 e. The molecule has 0 aliphatic heterocycles. The predicted molar refractivity (Wildman–Crippen MR) is 87.2 cm³/mol. The second-order valence-corrected chi connectivity index (χ2v) is 6.26. The number of thioether (sulfide) groups is 1. The Morgan fingerprint density at radius 1 is 1.30 bits per heavy atom. The molecule has 0 saturated heterocycles. The quantitative estimate of drug-likeness (QED) is 0.590. The Bertz CT molecular complexity index is 403. The fourth-order valence-corrected chi connectivity index (χ4v) is 2.77. The molecule has 112 valence electrons. The lowest BCUT2D eigenvalue weighted by Gasteiger charge is -2.13. The van der Waals surface area contributed by atoms with Gasteiger partial charge < -0.3 is 10.2 Å². The van der Waals surface area contributed by atoms with Crippen LogP contribution in [0.15, 0.2) is 29.2 Å². The third-order valence-corrected chi connectivity index (χ3v) is 4.29. The number of hydrogen-bond acceptors (Lipinski definition) is 3. The first-order chi connectivity index (χ1) is 9.54. The fourth-order valence-electron chi connectivity index (χ4n) is 1.91. The van der Waals surface area contributed by atoms with Crippen LogP contribution in [0, 0.1) is 0 Å². The van der Waals surface area contributed by atoms with E-state index < -0.39 is 0 Å². The highest BCUT2D eigenvalue weighted by Crippen LogP contribution is 2.22. The van der Waals surface area contributed by atoms with Crippen LogP contribution < -0.4 is 5.32 Å². The number of nitrogens with zero attached hydrogens (tertiary/aromatic N) is 1. The van der Waals surface area contributed by atoms with Crippen molar-refractivity contribution in [3.05, 3.63) is 29.8 Å². The van der Waals surface area contributed by atoms with E-state index in [1.54, 1.807) is 19.0 Å². The summed E-state index contributed by atoms with van der Waals surface area (Å²) in [6.45, 7) is 5.28. The molecule has 1 aromatic carbocycles. The zero-order valence-electron chi connectivity index (χ0n) is 13.0. The molecule has 0 radical (unpaired) electrons. The van der Waals surface area contributed by atoms with Gasteiger partial charge in [-0.15, -0.1) is 11.8 Å². The molecule has 1 N–H and O–H groups in total. The molecule has 1 amide bonds. The molecule has 1 rings (SSSR count). The third-order valence-electron chi connectivity index (χ3n) is 3.19. The summed E-state index contributed by atoms with van der Waals surface area (Å²) in [6.07, 6.45) is 1.56. The van der Waals surface area contributed by atoms with Crippen LogP contribution in [0.1, 0.15) is 38.3 Å². The molecule has 0 spiro atoms. The SMILES string of the molecule is CCNC(C)c1ccc(SCCCC(=O)N(C)C)cc1. The maximum atomic E-state index is 11.4. The van der Waals surface area contributed by atoms with Gasteiger partial charge in [0.25, 0.3) is 0 Å². The van der Waals surface area contributed by atoms with Gasteiger partial charge in [0.1, 0.15) is 0 Å². The van der Waals surface area contributed by atoms with Gasteiger partial charge in [-0.05, 0) is 43.3 Å². The number of carbonyl (C=O) groups is 1. The number of amides is 1. The molecule has 0 bridgehead atoms. The number of hydrogen-bond donors (Lipinski definition) is 1. The van der Waals surface area contributed by atoms with Gasteiger partial charge in [0.05, 0.1) is 0 Å². The van der Waals surface area contributed by atoms with Crippen molar-refractivity contribution in [3.8, 4) is 0 Å². The van der Waals surface area contributed by atoms with Crippen LogP contribution in [0.4, 0.5) is 0 Å². The molecule has 1 aromatic rings. The Balaban J connectivity index is 2.33. The van der Waals surface area contributed by atoms with E-state index in [4.69, 9.17) is 0 Å². The van der Waals surface area contributed by atoms with Crippen molar-refractivity contribution in [2.45, 2.75) is 37.6 Å². The molecular formula is C16H26N2OS. The van der Waals surface area contributed by atoms with Crippen LogP contribution in [0.2, 0.25) is 0 Å². The van der Waals surface area contributed by atoms with Gasteiger partial charge in [-0.3, -0.25) is 4.79 Å². The summed E-state index contributed by atoms with van der Waals surface area (Å²) in [5.74, 6) is 1.20. The highest BCUT2D eigenvalue weighted by molar-refractivity contribution is 7.99. The van der Waals surface area contributed by atoms with Crippen molar-refractivity contribution in [2.75, 3.05) is 26.4 Å². The van der Waals surface area contributed by atoms with E-state index in [1.165, 1.54) is 10.5 Å². The van der Waals surface area contributed by atoms with E-state index in [0.29, 0.717) is 12.5 Å². The Hall–Kier alpha value is -1.00. The number of benzene rings is 1. The van der Waals surface area contributed by atoms with E-state index >= 15 is 0 Å². The zero-order valence-corrected chi connectivity index (χ0v) is 13.8. The number of rotatable bonds is 8. The summed E-state index contributed by atoms with van der Waals surface area (Å²) in [7, 11) is 3.61. The van der Waals surface area contributed by atoms with Crippen LogP contribution in [-0.4, -0.2) is 37.2 Å². The Labute approximate surface area is 127 Å². The summed E-state index contributed by atoms with van der Waals surface area (Å²) in [5.41, 5.74) is 1.32. The van der Waals surface area contributed by atoms with Crippen molar-refractivity contribution >= 4 is 17.7 Å². The number of carbonyl (C=O) groups excluding carboxylic acids is 1. The first-order valence-corrected chi connectivity index (χ1v) is 8.19. The third kappa shape index (κ3) is 5.97. The first kappa shape index (κ1) is 17.1. The smallest absolute Gasteiger partial charge is 0.222 e. The molecular weight excluding hydrogens is 268 g/mol. The predicted octanol–water partition coefficient (Wildman–Crippen LogP) is 3.32. The van der Waals surface area contributed by atoms with Crippen LogP contribution in [0.25, 0.3) is 0 Å². The molecule has 0 fully saturated rings. The first-order valence-electron chi connectivity index (χ1n) is 7.21. The second-order valence-electron chi connectivity index (χ2n) is 5.09. The Morgan fingerprint density at radius 3 is 2.50 bits per heavy atom. The van der Waals surface area contributed by atoms with Crippen molar-refractivity contribution < 1.29 is 4.79 Å². The second kappa shape index (κ2) is 9.03. The van der Waals surface area contributed by atoms with Crippen molar-refractivity contribution in [3.63, 3.8) is 0 Å². The van der Waals surface area contributed by atoms with Gasteiger partial charge >= 0.3 is 0 Å². The summed E-state index contributed by atoms with van der Waals surface area (Å²) in [5, 5.41) is 3.41. The van der Waals surface area contributed by atoms with Gasteiger partial charge in [-0.1, -0.05) is 19.1 Å². The van der Waals surface area contributed by atoms with Crippen LogP contribution in [0.3, 0.4) is 0 Å². The van der Waals surface area contributed by atoms with Gasteiger partial charge in [0.2, 0.25) is 5.91 Å². The average Bonchev–Trinajstić information content (AvgIpc) is 2.44. The minimum Gasteiger partial charge on any atom is -0.349 e. The molecule has 0 aromatic heterocycles. The van der Waals surface area contributed by atoms with E-state index in [1.807, 2.05) is 11.8 Å². The van der Waals surface area contributed by atoms with Crippen molar-refractivity contribution in [1.82, 2.24) is 10.2 Å². The van der Waals surface area contributed by atoms with E-state index in [0.717, 1.165) is 18.7 Å². The van der Waals surface area contributed by atoms with Crippen LogP contribution in [-0.2, 0) is 4.79 Å². The molecule has 1 atom stereocenters. The Kier molecular flexibility index (Phi) is 7.70. The monoisotopic (exact) mass is 294 g/mol. The maximum absolute atomic E-state index is 11.4.